The van der Waals surface area contributed by atoms with E-state index in [0.717, 1.165) is 4.74 Å². The second-order valence-corrected chi connectivity index (χ2v) is 4.74. The van der Waals surface area contributed by atoms with Gasteiger partial charge in [0.2, 0.25) is 0 Å². The maximum absolute atomic E-state index is 12.4. The zero-order valence-electron chi connectivity index (χ0n) is 12.0. The summed E-state index contributed by atoms with van der Waals surface area (Å²) in [7, 11) is 1.50. The highest BCUT2D eigenvalue weighted by molar-refractivity contribution is 6.06. The first-order valence-electron chi connectivity index (χ1n) is 6.56. The van der Waals surface area contributed by atoms with E-state index in [4.69, 9.17) is 9.05 Å². The van der Waals surface area contributed by atoms with Gasteiger partial charge >= 0.3 is 5.63 Å². The Morgan fingerprint density at radius 1 is 1.27 bits per heavy atom. The fourth-order valence-corrected chi connectivity index (χ4v) is 2.19. The molecule has 3 rings (SSSR count). The monoisotopic (exact) mass is 299 g/mol. The lowest BCUT2D eigenvalue weighted by atomic mass is 10.1. The lowest BCUT2D eigenvalue weighted by Gasteiger charge is -2.04. The number of aryl methyl sites for hydroxylation is 2. The van der Waals surface area contributed by atoms with Crippen molar-refractivity contribution < 1.29 is 13.8 Å². The average molecular weight is 299 g/mol. The molecule has 1 aromatic carbocycles. The van der Waals surface area contributed by atoms with E-state index in [2.05, 4.69) is 10.5 Å². The van der Waals surface area contributed by atoms with Crippen LogP contribution in [0.2, 0.25) is 0 Å². The third kappa shape index (κ3) is 2.44. The predicted molar refractivity (Wildman–Crippen MR) is 78.6 cm³/mol. The van der Waals surface area contributed by atoms with Crippen LogP contribution in [-0.4, -0.2) is 15.8 Å². The molecule has 1 N–H and O–H groups in total. The van der Waals surface area contributed by atoms with Crippen molar-refractivity contribution in [2.24, 2.45) is 7.05 Å². The Balaban J connectivity index is 2.03. The third-order valence-electron chi connectivity index (χ3n) is 3.12. The summed E-state index contributed by atoms with van der Waals surface area (Å²) in [5.41, 5.74) is 0.367. The smallest absolute Gasteiger partial charge is 0.360 e. The molecule has 7 nitrogen and oxygen atoms in total. The molecule has 0 unspecified atom stereocenters. The molecule has 1 amide bonds. The average Bonchev–Trinajstić information content (AvgIpc) is 3.02. The number of hydrogen-bond acceptors (Lipinski definition) is 5. The zero-order valence-corrected chi connectivity index (χ0v) is 12.0. The van der Waals surface area contributed by atoms with Gasteiger partial charge in [-0.15, -0.1) is 0 Å². The normalized spacial score (nSPS) is 10.6. The Morgan fingerprint density at radius 2 is 2.00 bits per heavy atom. The fraction of sp³-hybridized carbons (Fsp3) is 0.133. The van der Waals surface area contributed by atoms with E-state index in [1.165, 1.54) is 7.05 Å². The second-order valence-electron chi connectivity index (χ2n) is 4.74. The Kier molecular flexibility index (Phi) is 3.38. The minimum atomic E-state index is -0.574. The fourth-order valence-electron chi connectivity index (χ4n) is 2.19. The van der Waals surface area contributed by atoms with Crippen LogP contribution in [0.15, 0.2) is 50.2 Å². The van der Waals surface area contributed by atoms with Gasteiger partial charge in [0.05, 0.1) is 0 Å². The van der Waals surface area contributed by atoms with E-state index in [-0.39, 0.29) is 17.1 Å². The number of rotatable bonds is 3. The van der Waals surface area contributed by atoms with E-state index < -0.39 is 11.5 Å². The molecule has 0 atom stereocenters. The molecule has 0 aliphatic heterocycles. The van der Waals surface area contributed by atoms with Gasteiger partial charge in [-0.25, -0.2) is 9.53 Å². The number of nitrogens with one attached hydrogen (secondary N) is 1. The van der Waals surface area contributed by atoms with Crippen molar-refractivity contribution in [1.29, 1.82) is 0 Å². The number of nitrogens with zero attached hydrogens (tertiary/aromatic N) is 2. The largest absolute Gasteiger partial charge is 0.366 e. The van der Waals surface area contributed by atoms with Crippen LogP contribution in [0, 0.1) is 6.92 Å². The van der Waals surface area contributed by atoms with Crippen LogP contribution in [0.4, 0.5) is 5.82 Å². The molecule has 112 valence electrons. The van der Waals surface area contributed by atoms with Gasteiger partial charge in [0.25, 0.3) is 5.91 Å². The number of amides is 1. The van der Waals surface area contributed by atoms with Crippen LogP contribution in [0.25, 0.3) is 11.1 Å². The highest BCUT2D eigenvalue weighted by Crippen LogP contribution is 2.21. The maximum Gasteiger partial charge on any atom is 0.366 e. The number of carbonyl (C=O) groups excluding carboxylic acids is 1. The number of anilines is 1. The van der Waals surface area contributed by atoms with E-state index in [9.17, 15) is 9.59 Å². The summed E-state index contributed by atoms with van der Waals surface area (Å²) in [6.45, 7) is 1.71. The molecule has 0 aliphatic carbocycles. The summed E-state index contributed by atoms with van der Waals surface area (Å²) in [6, 6.07) is 10.5. The van der Waals surface area contributed by atoms with Crippen molar-refractivity contribution in [2.75, 3.05) is 5.32 Å². The van der Waals surface area contributed by atoms with Gasteiger partial charge in [0.15, 0.2) is 11.5 Å². The van der Waals surface area contributed by atoms with Crippen molar-refractivity contribution >= 4 is 11.7 Å². The quantitative estimate of drug-likeness (QED) is 0.800. The molecule has 0 radical (unpaired) electrons. The van der Waals surface area contributed by atoms with Crippen molar-refractivity contribution in [3.63, 3.8) is 0 Å². The number of benzene rings is 1. The van der Waals surface area contributed by atoms with E-state index in [0.29, 0.717) is 11.3 Å². The number of aromatic nitrogens is 2. The molecule has 0 saturated carbocycles. The number of carbonyl (C=O) groups is 1. The van der Waals surface area contributed by atoms with Crippen LogP contribution in [0.5, 0.6) is 0 Å². The molecule has 3 aromatic rings. The standard InChI is InChI=1S/C15H13N3O4/c1-9-8-11(17-21-9)16-14(19)13-12(15(20)22-18(13)2)10-6-4-3-5-7-10/h3-8H,1-2H3,(H,16,17,19). The minimum absolute atomic E-state index is 0.122. The summed E-state index contributed by atoms with van der Waals surface area (Å²) in [4.78, 5) is 24.5. The van der Waals surface area contributed by atoms with E-state index in [1.807, 2.05) is 6.07 Å². The lowest BCUT2D eigenvalue weighted by Crippen LogP contribution is -2.17. The van der Waals surface area contributed by atoms with Gasteiger partial charge in [0, 0.05) is 13.1 Å². The van der Waals surface area contributed by atoms with Crippen LogP contribution in [-0.2, 0) is 7.05 Å². The van der Waals surface area contributed by atoms with Crippen LogP contribution in [0.1, 0.15) is 16.2 Å². The molecule has 0 bridgehead atoms. The van der Waals surface area contributed by atoms with Gasteiger partial charge in [-0.1, -0.05) is 35.5 Å². The van der Waals surface area contributed by atoms with Crippen molar-refractivity contribution in [3.8, 4) is 11.1 Å². The first kappa shape index (κ1) is 13.9. The van der Waals surface area contributed by atoms with Crippen molar-refractivity contribution in [3.05, 3.63) is 58.3 Å². The first-order valence-corrected chi connectivity index (χ1v) is 6.56. The second kappa shape index (κ2) is 5.36. The Bertz CT molecular complexity index is 874. The van der Waals surface area contributed by atoms with Crippen LogP contribution >= 0.6 is 0 Å². The first-order chi connectivity index (χ1) is 10.6. The van der Waals surface area contributed by atoms with Gasteiger partial charge < -0.3 is 14.4 Å². The molecule has 2 aromatic heterocycles. The summed E-state index contributed by atoms with van der Waals surface area (Å²) >= 11 is 0. The van der Waals surface area contributed by atoms with Crippen molar-refractivity contribution in [2.45, 2.75) is 6.92 Å². The topological polar surface area (TPSA) is 90.3 Å². The summed E-state index contributed by atoms with van der Waals surface area (Å²) in [5.74, 6) is 0.343. The summed E-state index contributed by atoms with van der Waals surface area (Å²) in [6.07, 6.45) is 0. The molecule has 0 fully saturated rings. The van der Waals surface area contributed by atoms with Crippen LogP contribution < -0.4 is 10.9 Å². The Labute approximate surface area is 125 Å². The van der Waals surface area contributed by atoms with Crippen LogP contribution in [0.3, 0.4) is 0 Å². The molecule has 0 spiro atoms. The van der Waals surface area contributed by atoms with E-state index in [1.54, 1.807) is 37.3 Å². The Morgan fingerprint density at radius 3 is 2.64 bits per heavy atom. The van der Waals surface area contributed by atoms with Gasteiger partial charge in [-0.05, 0) is 12.5 Å². The SMILES string of the molecule is Cc1cc(NC(=O)c2c(-c3ccccc3)c(=O)on2C)no1. The summed E-state index contributed by atoms with van der Waals surface area (Å²) < 4.78 is 11.1. The lowest BCUT2D eigenvalue weighted by molar-refractivity contribution is 0.100. The van der Waals surface area contributed by atoms with Crippen molar-refractivity contribution in [1.82, 2.24) is 9.90 Å². The summed E-state index contributed by atoms with van der Waals surface area (Å²) in [5, 5.41) is 6.28. The molecule has 7 heteroatoms. The zero-order chi connectivity index (χ0) is 15.7. The molecule has 0 aliphatic rings. The highest BCUT2D eigenvalue weighted by atomic mass is 16.5. The minimum Gasteiger partial charge on any atom is -0.360 e. The highest BCUT2D eigenvalue weighted by Gasteiger charge is 2.24. The predicted octanol–water partition coefficient (Wildman–Crippen LogP) is 2.19. The molecule has 22 heavy (non-hydrogen) atoms. The molecule has 0 saturated heterocycles. The molecular formula is C15H13N3O4. The maximum atomic E-state index is 12.4. The third-order valence-corrected chi connectivity index (χ3v) is 3.12. The van der Waals surface area contributed by atoms with Gasteiger partial charge in [0.1, 0.15) is 11.3 Å². The molecular weight excluding hydrogens is 286 g/mol. The van der Waals surface area contributed by atoms with Gasteiger partial charge in [-0.3, -0.25) is 4.79 Å². The van der Waals surface area contributed by atoms with Gasteiger partial charge in [-0.2, -0.15) is 0 Å². The molecule has 2 heterocycles. The Hall–Kier alpha value is -3.09. The number of hydrogen-bond donors (Lipinski definition) is 1. The van der Waals surface area contributed by atoms with E-state index >= 15 is 0 Å².